The first-order chi connectivity index (χ1) is 5.29. The van der Waals surface area contributed by atoms with Gasteiger partial charge in [0.1, 0.15) is 12.7 Å². The average Bonchev–Trinajstić information content (AvgIpc) is 2.45. The van der Waals surface area contributed by atoms with Crippen molar-refractivity contribution in [2.24, 2.45) is 0 Å². The number of fused-ring (bicyclic) bond motifs is 1. The summed E-state index contributed by atoms with van der Waals surface area (Å²) >= 11 is 0. The molecule has 0 atom stereocenters. The van der Waals surface area contributed by atoms with Crippen LogP contribution in [-0.2, 0) is 0 Å². The van der Waals surface area contributed by atoms with Gasteiger partial charge in [-0.15, -0.1) is 4.73 Å². The second kappa shape index (κ2) is 1.82. The van der Waals surface area contributed by atoms with Gasteiger partial charge in [0.05, 0.1) is 0 Å². The Morgan fingerprint density at radius 1 is 1.27 bits per heavy atom. The summed E-state index contributed by atoms with van der Waals surface area (Å²) in [4.78, 5) is 11.1. The predicted molar refractivity (Wildman–Crippen MR) is 33.3 cm³/mol. The van der Waals surface area contributed by atoms with Gasteiger partial charge in [0.15, 0.2) is 11.5 Å². The van der Waals surface area contributed by atoms with Crippen molar-refractivity contribution in [2.45, 2.75) is 0 Å². The zero-order chi connectivity index (χ0) is 7.84. The summed E-state index contributed by atoms with van der Waals surface area (Å²) in [6.07, 6.45) is 2.31. The van der Waals surface area contributed by atoms with Crippen LogP contribution in [0, 0.1) is 0 Å². The zero-order valence-electron chi connectivity index (χ0n) is 5.34. The maximum atomic E-state index is 9.12. The highest BCUT2D eigenvalue weighted by Gasteiger charge is 2.14. The fraction of sp³-hybridized carbons (Fsp3) is 0. The van der Waals surface area contributed by atoms with Gasteiger partial charge in [0.2, 0.25) is 0 Å². The van der Waals surface area contributed by atoms with Crippen LogP contribution in [0.25, 0.3) is 11.5 Å². The number of aromatic hydroxyl groups is 1. The monoisotopic (exact) mass is 152 g/mol. The van der Waals surface area contributed by atoms with Gasteiger partial charge in [-0.25, -0.2) is 15.0 Å². The van der Waals surface area contributed by atoms with E-state index >= 15 is 0 Å². The molecule has 0 aromatic rings. The van der Waals surface area contributed by atoms with Gasteiger partial charge in [-0.2, -0.15) is 0 Å². The Balaban J connectivity index is 2.81. The number of hydrogen-bond acceptors (Lipinski definition) is 5. The molecule has 0 aromatic heterocycles. The summed E-state index contributed by atoms with van der Waals surface area (Å²) in [7, 11) is 0. The minimum Gasteiger partial charge on any atom is -0.491 e. The maximum Gasteiger partial charge on any atom is 0.256 e. The Kier molecular flexibility index (Phi) is 0.974. The van der Waals surface area contributed by atoms with Crippen molar-refractivity contribution < 1.29 is 10.3 Å². The molecule has 11 heavy (non-hydrogen) atoms. The molecule has 2 aliphatic rings. The van der Waals surface area contributed by atoms with Crippen molar-refractivity contribution in [1.82, 2.24) is 19.7 Å². The molecule has 0 saturated heterocycles. The van der Waals surface area contributed by atoms with Gasteiger partial charge < -0.3 is 10.3 Å². The van der Waals surface area contributed by atoms with Gasteiger partial charge in [0.25, 0.3) is 5.88 Å². The fourth-order valence-corrected chi connectivity index (χ4v) is 0.785. The Morgan fingerprint density at radius 3 is 2.91 bits per heavy atom. The number of rotatable bonds is 0. The van der Waals surface area contributed by atoms with E-state index in [1.165, 1.54) is 6.33 Å². The topological polar surface area (TPSA) is 84.1 Å². The quantitative estimate of drug-likeness (QED) is 0.507. The van der Waals surface area contributed by atoms with E-state index in [1.54, 1.807) is 0 Å². The minimum absolute atomic E-state index is 0.190. The Bertz CT molecular complexity index is 358. The summed E-state index contributed by atoms with van der Waals surface area (Å²) in [5.74, 6) is -0.0414. The van der Waals surface area contributed by atoms with Crippen molar-refractivity contribution in [3.8, 4) is 17.4 Å². The molecule has 0 fully saturated rings. The molecule has 6 heteroatoms. The SMILES string of the molecule is Oc1c2ncnc-2ncn1O. The molecular formula is C5H4N4O2. The average molecular weight is 152 g/mol. The Labute approximate surface area is 61.1 Å². The van der Waals surface area contributed by atoms with Crippen LogP contribution < -0.4 is 0 Å². The van der Waals surface area contributed by atoms with E-state index in [1.807, 2.05) is 0 Å². The van der Waals surface area contributed by atoms with E-state index < -0.39 is 0 Å². The van der Waals surface area contributed by atoms with Crippen LogP contribution in [0.1, 0.15) is 0 Å². The summed E-state index contributed by atoms with van der Waals surface area (Å²) in [5.41, 5.74) is 0.190. The highest BCUT2D eigenvalue weighted by Crippen LogP contribution is 2.22. The van der Waals surface area contributed by atoms with Crippen LogP contribution in [0.2, 0.25) is 0 Å². The second-order valence-electron chi connectivity index (χ2n) is 1.96. The predicted octanol–water partition coefficient (Wildman–Crippen LogP) is -0.279. The Morgan fingerprint density at radius 2 is 2.09 bits per heavy atom. The third kappa shape index (κ3) is 0.689. The van der Waals surface area contributed by atoms with Crippen molar-refractivity contribution in [3.05, 3.63) is 12.7 Å². The van der Waals surface area contributed by atoms with E-state index in [4.69, 9.17) is 10.3 Å². The molecule has 0 unspecified atom stereocenters. The summed E-state index contributed by atoms with van der Waals surface area (Å²) in [6.45, 7) is 0. The van der Waals surface area contributed by atoms with Gasteiger partial charge in [-0.3, -0.25) is 0 Å². The van der Waals surface area contributed by atoms with E-state index in [2.05, 4.69) is 15.0 Å². The van der Waals surface area contributed by atoms with Crippen LogP contribution in [-0.4, -0.2) is 30.0 Å². The Hall–Kier alpha value is -1.85. The van der Waals surface area contributed by atoms with Crippen molar-refractivity contribution >= 4 is 0 Å². The lowest BCUT2D eigenvalue weighted by molar-refractivity contribution is 0.149. The molecule has 0 bridgehead atoms. The lowest BCUT2D eigenvalue weighted by Crippen LogP contribution is -1.98. The molecule has 0 saturated carbocycles. The number of hydrogen-bond donors (Lipinski definition) is 2. The van der Waals surface area contributed by atoms with Crippen molar-refractivity contribution in [3.63, 3.8) is 0 Å². The van der Waals surface area contributed by atoms with Crippen LogP contribution in [0.3, 0.4) is 0 Å². The molecule has 0 spiro atoms. The van der Waals surface area contributed by atoms with Crippen LogP contribution in [0.4, 0.5) is 0 Å². The third-order valence-corrected chi connectivity index (χ3v) is 1.30. The first-order valence-corrected chi connectivity index (χ1v) is 2.85. The van der Waals surface area contributed by atoms with Crippen LogP contribution in [0.5, 0.6) is 5.88 Å². The van der Waals surface area contributed by atoms with Crippen molar-refractivity contribution in [2.75, 3.05) is 0 Å². The van der Waals surface area contributed by atoms with E-state index in [0.29, 0.717) is 10.6 Å². The molecule has 2 rings (SSSR count). The largest absolute Gasteiger partial charge is 0.491 e. The molecule has 0 aliphatic carbocycles. The molecule has 6 nitrogen and oxygen atoms in total. The normalized spacial score (nSPS) is 10.5. The van der Waals surface area contributed by atoms with E-state index in [-0.39, 0.29) is 11.6 Å². The van der Waals surface area contributed by atoms with Crippen molar-refractivity contribution in [1.29, 1.82) is 0 Å². The van der Waals surface area contributed by atoms with Gasteiger partial charge >= 0.3 is 0 Å². The fourth-order valence-electron chi connectivity index (χ4n) is 0.785. The molecule has 0 radical (unpaired) electrons. The highest BCUT2D eigenvalue weighted by molar-refractivity contribution is 5.56. The first-order valence-electron chi connectivity index (χ1n) is 2.85. The van der Waals surface area contributed by atoms with E-state index in [9.17, 15) is 0 Å². The highest BCUT2D eigenvalue weighted by atomic mass is 16.5. The molecule has 2 aliphatic heterocycles. The summed E-state index contributed by atoms with van der Waals surface area (Å²) in [5, 5.41) is 18.0. The van der Waals surface area contributed by atoms with Gasteiger partial charge in [-0.1, -0.05) is 0 Å². The number of imidazole rings is 1. The van der Waals surface area contributed by atoms with Gasteiger partial charge in [-0.05, 0) is 0 Å². The van der Waals surface area contributed by atoms with E-state index in [0.717, 1.165) is 6.33 Å². The summed E-state index contributed by atoms with van der Waals surface area (Å²) in [6, 6.07) is 0. The molecule has 0 aromatic carbocycles. The molecule has 56 valence electrons. The lowest BCUT2D eigenvalue weighted by atomic mass is 10.4. The third-order valence-electron chi connectivity index (χ3n) is 1.30. The minimum atomic E-state index is -0.354. The second-order valence-corrected chi connectivity index (χ2v) is 1.96. The number of aromatic nitrogens is 4. The first kappa shape index (κ1) is 5.90. The lowest BCUT2D eigenvalue weighted by Gasteiger charge is -2.01. The molecule has 2 heterocycles. The number of nitrogens with zero attached hydrogens (tertiary/aromatic N) is 4. The molecule has 0 amide bonds. The van der Waals surface area contributed by atoms with Gasteiger partial charge in [0, 0.05) is 0 Å². The molecule has 2 N–H and O–H groups in total. The summed E-state index contributed by atoms with van der Waals surface area (Å²) < 4.78 is 0.483. The van der Waals surface area contributed by atoms with Crippen LogP contribution in [0.15, 0.2) is 12.7 Å². The smallest absolute Gasteiger partial charge is 0.256 e. The zero-order valence-corrected chi connectivity index (χ0v) is 5.34. The standard InChI is InChI=1S/C5H4N4O2/c10-5-3-4(7-1-6-3)8-2-9(5)11/h1-2,10-11H. The maximum absolute atomic E-state index is 9.12. The molecular weight excluding hydrogens is 148 g/mol. The van der Waals surface area contributed by atoms with Crippen LogP contribution >= 0.6 is 0 Å².